The minimum absolute atomic E-state index is 0.0835. The first kappa shape index (κ1) is 25.2. The number of hydrogen-bond acceptors (Lipinski definition) is 8. The second-order valence-corrected chi connectivity index (χ2v) is 9.68. The van der Waals surface area contributed by atoms with E-state index in [0.717, 1.165) is 82.7 Å². The number of nitrogens with zero attached hydrogens (tertiary/aromatic N) is 5. The highest BCUT2D eigenvalue weighted by Gasteiger charge is 2.33. The van der Waals surface area contributed by atoms with Crippen LogP contribution in [0.3, 0.4) is 0 Å². The van der Waals surface area contributed by atoms with Crippen molar-refractivity contribution in [2.45, 2.75) is 71.5 Å². The normalized spacial score (nSPS) is 17.8. The van der Waals surface area contributed by atoms with Crippen LogP contribution in [0.25, 0.3) is 0 Å². The zero-order valence-corrected chi connectivity index (χ0v) is 20.8. The predicted octanol–water partition coefficient (Wildman–Crippen LogP) is 1.31. The Hall–Kier alpha value is -2.92. The third kappa shape index (κ3) is 5.84. The fourth-order valence-electron chi connectivity index (χ4n) is 5.12. The molecular formula is C24H37N7O4. The van der Waals surface area contributed by atoms with Crippen LogP contribution >= 0.6 is 0 Å². The number of amides is 1. The van der Waals surface area contributed by atoms with E-state index in [1.54, 1.807) is 4.90 Å². The van der Waals surface area contributed by atoms with Gasteiger partial charge in [-0.05, 0) is 26.2 Å². The van der Waals surface area contributed by atoms with Gasteiger partial charge in [-0.15, -0.1) is 0 Å². The van der Waals surface area contributed by atoms with Gasteiger partial charge in [-0.3, -0.25) is 28.9 Å². The lowest BCUT2D eigenvalue weighted by molar-refractivity contribution is -0.120. The molecule has 0 radical (unpaired) electrons. The molecule has 2 aromatic heterocycles. The molecule has 1 amide bonds. The van der Waals surface area contributed by atoms with Gasteiger partial charge < -0.3 is 15.2 Å². The number of nitrogen functional groups attached to an aromatic ring is 1. The Bertz CT molecular complexity index is 1120. The van der Waals surface area contributed by atoms with Crippen LogP contribution in [0.4, 0.5) is 11.5 Å². The van der Waals surface area contributed by atoms with Crippen molar-refractivity contribution >= 4 is 17.4 Å². The van der Waals surface area contributed by atoms with Crippen LogP contribution < -0.4 is 21.9 Å². The molecule has 11 nitrogen and oxygen atoms in total. The zero-order chi connectivity index (χ0) is 24.9. The summed E-state index contributed by atoms with van der Waals surface area (Å²) in [5.41, 5.74) is 6.29. The van der Waals surface area contributed by atoms with E-state index in [1.807, 2.05) is 19.9 Å². The number of aromatic amines is 1. The van der Waals surface area contributed by atoms with Gasteiger partial charge in [0, 0.05) is 51.4 Å². The summed E-state index contributed by atoms with van der Waals surface area (Å²) in [7, 11) is 0. The van der Waals surface area contributed by atoms with Crippen molar-refractivity contribution < 1.29 is 9.32 Å². The molecule has 1 aliphatic carbocycles. The maximum Gasteiger partial charge on any atom is 0.330 e. The van der Waals surface area contributed by atoms with Crippen LogP contribution in [-0.4, -0.2) is 69.2 Å². The first-order chi connectivity index (χ1) is 16.9. The van der Waals surface area contributed by atoms with Crippen LogP contribution in [-0.2, 0) is 17.9 Å². The molecule has 0 spiro atoms. The third-order valence-corrected chi connectivity index (χ3v) is 7.03. The van der Waals surface area contributed by atoms with Crippen molar-refractivity contribution in [3.05, 3.63) is 38.4 Å². The van der Waals surface area contributed by atoms with Crippen LogP contribution in [0.15, 0.2) is 20.2 Å². The van der Waals surface area contributed by atoms with Crippen LogP contribution in [0.2, 0.25) is 0 Å². The quantitative estimate of drug-likeness (QED) is 0.541. The molecular weight excluding hydrogens is 450 g/mol. The molecule has 1 saturated heterocycles. The van der Waals surface area contributed by atoms with Crippen LogP contribution in [0.5, 0.6) is 0 Å². The number of anilines is 2. The minimum Gasteiger partial charge on any atom is -0.383 e. The van der Waals surface area contributed by atoms with Crippen molar-refractivity contribution in [3.63, 3.8) is 0 Å². The van der Waals surface area contributed by atoms with Gasteiger partial charge in [-0.2, -0.15) is 0 Å². The highest BCUT2D eigenvalue weighted by atomic mass is 16.5. The average Bonchev–Trinajstić information content (AvgIpc) is 3.49. The van der Waals surface area contributed by atoms with E-state index in [2.05, 4.69) is 19.9 Å². The number of hydrogen-bond donors (Lipinski definition) is 2. The topological polar surface area (TPSA) is 134 Å². The summed E-state index contributed by atoms with van der Waals surface area (Å²) in [6, 6.07) is 1.86. The van der Waals surface area contributed by atoms with Crippen molar-refractivity contribution in [1.82, 2.24) is 24.5 Å². The number of aryl methyl sites for hydroxylation is 1. The second-order valence-electron chi connectivity index (χ2n) is 9.68. The lowest BCUT2D eigenvalue weighted by Gasteiger charge is -2.36. The van der Waals surface area contributed by atoms with Gasteiger partial charge in [0.15, 0.2) is 5.69 Å². The molecule has 0 aromatic carbocycles. The smallest absolute Gasteiger partial charge is 0.330 e. The molecule has 192 valence electrons. The second kappa shape index (κ2) is 11.2. The van der Waals surface area contributed by atoms with E-state index in [1.165, 1.54) is 4.57 Å². The summed E-state index contributed by atoms with van der Waals surface area (Å²) < 4.78 is 6.55. The number of carbonyl (C=O) groups is 1. The highest BCUT2D eigenvalue weighted by molar-refractivity contribution is 5.97. The molecule has 0 unspecified atom stereocenters. The Morgan fingerprint density at radius 3 is 2.51 bits per heavy atom. The lowest BCUT2D eigenvalue weighted by Crippen LogP contribution is -2.52. The van der Waals surface area contributed by atoms with Gasteiger partial charge in [0.05, 0.1) is 12.2 Å². The SMILES string of the molecule is CCCCn1c(N)c(N(C(=O)CN2CCN(Cc3cc(C)on3)CC2)C2CCCC2)c(=O)[nH]c1=O. The van der Waals surface area contributed by atoms with Crippen LogP contribution in [0.1, 0.15) is 56.9 Å². The summed E-state index contributed by atoms with van der Waals surface area (Å²) >= 11 is 0. The molecule has 3 N–H and O–H groups in total. The molecule has 35 heavy (non-hydrogen) atoms. The van der Waals surface area contributed by atoms with Crippen molar-refractivity contribution in [2.24, 2.45) is 0 Å². The molecule has 0 atom stereocenters. The summed E-state index contributed by atoms with van der Waals surface area (Å²) in [5.74, 6) is 0.738. The summed E-state index contributed by atoms with van der Waals surface area (Å²) in [5, 5.41) is 4.07. The van der Waals surface area contributed by atoms with Crippen molar-refractivity contribution in [3.8, 4) is 0 Å². The van der Waals surface area contributed by atoms with E-state index in [4.69, 9.17) is 10.3 Å². The van der Waals surface area contributed by atoms with Gasteiger partial charge in [-0.1, -0.05) is 31.3 Å². The van der Waals surface area contributed by atoms with E-state index >= 15 is 0 Å². The zero-order valence-electron chi connectivity index (χ0n) is 20.8. The number of aromatic nitrogens is 3. The fraction of sp³-hybridized carbons (Fsp3) is 0.667. The summed E-state index contributed by atoms with van der Waals surface area (Å²) in [4.78, 5) is 47.4. The molecule has 2 aliphatic rings. The number of nitrogens with two attached hydrogens (primary N) is 1. The Kier molecular flexibility index (Phi) is 8.07. The van der Waals surface area contributed by atoms with Gasteiger partial charge in [-0.25, -0.2) is 4.79 Å². The fourth-order valence-corrected chi connectivity index (χ4v) is 5.12. The van der Waals surface area contributed by atoms with Crippen LogP contribution in [0, 0.1) is 6.92 Å². The lowest BCUT2D eigenvalue weighted by atomic mass is 10.1. The molecule has 1 saturated carbocycles. The Morgan fingerprint density at radius 1 is 1.20 bits per heavy atom. The average molecular weight is 488 g/mol. The largest absolute Gasteiger partial charge is 0.383 e. The molecule has 2 aromatic rings. The summed E-state index contributed by atoms with van der Waals surface area (Å²) in [6.45, 7) is 8.34. The molecule has 4 rings (SSSR count). The van der Waals surface area contributed by atoms with Gasteiger partial charge in [0.2, 0.25) is 5.91 Å². The molecule has 1 aliphatic heterocycles. The number of H-pyrrole nitrogens is 1. The maximum atomic E-state index is 13.6. The van der Waals surface area contributed by atoms with E-state index in [0.29, 0.717) is 6.54 Å². The van der Waals surface area contributed by atoms with Gasteiger partial charge >= 0.3 is 5.69 Å². The highest BCUT2D eigenvalue weighted by Crippen LogP contribution is 2.29. The third-order valence-electron chi connectivity index (χ3n) is 7.03. The minimum atomic E-state index is -0.590. The number of unbranched alkanes of at least 4 members (excludes halogenated alkanes) is 1. The Labute approximate surface area is 204 Å². The van der Waals surface area contributed by atoms with Gasteiger partial charge in [0.25, 0.3) is 5.56 Å². The Morgan fingerprint density at radius 2 is 1.89 bits per heavy atom. The number of rotatable bonds is 9. The van der Waals surface area contributed by atoms with E-state index < -0.39 is 11.2 Å². The predicted molar refractivity (Wildman–Crippen MR) is 133 cm³/mol. The summed E-state index contributed by atoms with van der Waals surface area (Å²) in [6.07, 6.45) is 5.29. The maximum absolute atomic E-state index is 13.6. The first-order valence-electron chi connectivity index (χ1n) is 12.7. The molecule has 2 fully saturated rings. The van der Waals surface area contributed by atoms with Crippen molar-refractivity contribution in [2.75, 3.05) is 43.4 Å². The van der Waals surface area contributed by atoms with Gasteiger partial charge in [0.1, 0.15) is 11.6 Å². The standard InChI is InChI=1S/C24H37N7O4/c1-3-4-9-30-22(25)21(23(33)26-24(30)34)31(19-7-5-6-8-19)20(32)16-29-12-10-28(11-13-29)15-18-14-17(2)35-27-18/h14,19H,3-13,15-16,25H2,1-2H3,(H,26,33,34). The number of piperazine rings is 1. The monoisotopic (exact) mass is 487 g/mol. The molecule has 0 bridgehead atoms. The van der Waals surface area contributed by atoms with E-state index in [-0.39, 0.29) is 30.0 Å². The molecule has 3 heterocycles. The molecule has 11 heteroatoms. The first-order valence-corrected chi connectivity index (χ1v) is 12.7. The number of nitrogens with one attached hydrogen (secondary N) is 1. The van der Waals surface area contributed by atoms with Crippen molar-refractivity contribution in [1.29, 1.82) is 0 Å². The Balaban J connectivity index is 1.49. The van der Waals surface area contributed by atoms with E-state index in [9.17, 15) is 14.4 Å². The number of carbonyl (C=O) groups excluding carboxylic acids is 1.